The van der Waals surface area contributed by atoms with E-state index in [-0.39, 0.29) is 30.3 Å². The number of amides is 2. The Morgan fingerprint density at radius 1 is 1.22 bits per heavy atom. The molecule has 0 bridgehead atoms. The van der Waals surface area contributed by atoms with Crippen LogP contribution in [-0.4, -0.2) is 41.9 Å². The van der Waals surface area contributed by atoms with Gasteiger partial charge in [0.25, 0.3) is 5.91 Å². The summed E-state index contributed by atoms with van der Waals surface area (Å²) in [5.41, 5.74) is 1.37. The number of halogens is 1. The van der Waals surface area contributed by atoms with E-state index < -0.39 is 0 Å². The van der Waals surface area contributed by atoms with Crippen molar-refractivity contribution in [2.45, 2.75) is 31.3 Å². The first-order chi connectivity index (χ1) is 10.7. The van der Waals surface area contributed by atoms with Crippen LogP contribution in [0, 0.1) is 0 Å². The van der Waals surface area contributed by atoms with Gasteiger partial charge in [0.15, 0.2) is 0 Å². The number of nitrogens with one attached hydrogen (secondary N) is 3. The first-order valence-corrected chi connectivity index (χ1v) is 8.88. The Bertz CT molecular complexity index is 543. The van der Waals surface area contributed by atoms with Gasteiger partial charge in [0.05, 0.1) is 0 Å². The number of anilines is 1. The molecule has 1 aliphatic carbocycles. The topological polar surface area (TPSA) is 70.2 Å². The maximum Gasteiger partial charge on any atom is 0.251 e. The molecule has 126 valence electrons. The summed E-state index contributed by atoms with van der Waals surface area (Å²) in [5, 5.41) is 9.19. The standard InChI is InChI=1S/C16H21N3O2S.ClH/c20-15(9-14-10-22-8-7-17-14)18-12-3-1-11(2-4-12)16(21)19-13-5-6-13;/h1-4,13-14,17H,5-10H2,(H,18,20)(H,19,21);1H. The van der Waals surface area contributed by atoms with E-state index in [1.807, 2.05) is 11.8 Å². The Hall–Kier alpha value is -1.24. The quantitative estimate of drug-likeness (QED) is 0.756. The highest BCUT2D eigenvalue weighted by atomic mass is 35.5. The van der Waals surface area contributed by atoms with Crippen molar-refractivity contribution in [2.75, 3.05) is 23.4 Å². The van der Waals surface area contributed by atoms with Gasteiger partial charge in [0.2, 0.25) is 5.91 Å². The van der Waals surface area contributed by atoms with Crippen molar-refractivity contribution in [3.8, 4) is 0 Å². The van der Waals surface area contributed by atoms with Crippen LogP contribution < -0.4 is 16.0 Å². The van der Waals surface area contributed by atoms with Crippen LogP contribution >= 0.6 is 24.2 Å². The van der Waals surface area contributed by atoms with Crippen molar-refractivity contribution >= 4 is 41.7 Å². The highest BCUT2D eigenvalue weighted by molar-refractivity contribution is 7.99. The second kappa shape index (κ2) is 8.57. The maximum absolute atomic E-state index is 12.0. The largest absolute Gasteiger partial charge is 0.349 e. The third-order valence-electron chi connectivity index (χ3n) is 3.77. The van der Waals surface area contributed by atoms with Crippen LogP contribution in [0.5, 0.6) is 0 Å². The molecule has 0 radical (unpaired) electrons. The summed E-state index contributed by atoms with van der Waals surface area (Å²) in [5.74, 6) is 2.06. The lowest BCUT2D eigenvalue weighted by Crippen LogP contribution is -2.39. The van der Waals surface area contributed by atoms with Gasteiger partial charge in [-0.05, 0) is 37.1 Å². The van der Waals surface area contributed by atoms with Crippen LogP contribution in [0.25, 0.3) is 0 Å². The molecule has 3 N–H and O–H groups in total. The van der Waals surface area contributed by atoms with Crippen LogP contribution in [0.15, 0.2) is 24.3 Å². The Labute approximate surface area is 146 Å². The summed E-state index contributed by atoms with van der Waals surface area (Å²) in [4.78, 5) is 23.9. The molecule has 1 saturated heterocycles. The number of thioether (sulfide) groups is 1. The smallest absolute Gasteiger partial charge is 0.251 e. The third-order valence-corrected chi connectivity index (χ3v) is 4.90. The highest BCUT2D eigenvalue weighted by Gasteiger charge is 2.23. The summed E-state index contributed by atoms with van der Waals surface area (Å²) >= 11 is 1.88. The molecule has 1 unspecified atom stereocenters. The fourth-order valence-electron chi connectivity index (χ4n) is 2.39. The SMILES string of the molecule is Cl.O=C(CC1CSCCN1)Nc1ccc(C(=O)NC2CC2)cc1. The van der Waals surface area contributed by atoms with E-state index in [2.05, 4.69) is 16.0 Å². The molecule has 7 heteroatoms. The van der Waals surface area contributed by atoms with Gasteiger partial charge in [0.1, 0.15) is 0 Å². The van der Waals surface area contributed by atoms with Gasteiger partial charge in [-0.3, -0.25) is 9.59 Å². The van der Waals surface area contributed by atoms with E-state index >= 15 is 0 Å². The van der Waals surface area contributed by atoms with Crippen molar-refractivity contribution in [2.24, 2.45) is 0 Å². The van der Waals surface area contributed by atoms with Crippen LogP contribution in [-0.2, 0) is 4.79 Å². The van der Waals surface area contributed by atoms with E-state index in [1.165, 1.54) is 0 Å². The van der Waals surface area contributed by atoms with Gasteiger partial charge in [0, 0.05) is 47.8 Å². The number of hydrogen-bond donors (Lipinski definition) is 3. The number of benzene rings is 1. The van der Waals surface area contributed by atoms with Gasteiger partial charge in [-0.25, -0.2) is 0 Å². The lowest BCUT2D eigenvalue weighted by atomic mass is 10.1. The van der Waals surface area contributed by atoms with Crippen molar-refractivity contribution in [3.63, 3.8) is 0 Å². The molecule has 1 saturated carbocycles. The van der Waals surface area contributed by atoms with Crippen molar-refractivity contribution in [3.05, 3.63) is 29.8 Å². The van der Waals surface area contributed by atoms with E-state index in [0.29, 0.717) is 18.0 Å². The van der Waals surface area contributed by atoms with Crippen molar-refractivity contribution in [1.29, 1.82) is 0 Å². The molecule has 0 spiro atoms. The minimum atomic E-state index is -0.0381. The Kier molecular flexibility index (Phi) is 6.74. The number of hydrogen-bond acceptors (Lipinski definition) is 4. The first-order valence-electron chi connectivity index (χ1n) is 7.72. The Morgan fingerprint density at radius 2 is 1.96 bits per heavy atom. The van der Waals surface area contributed by atoms with Crippen LogP contribution in [0.4, 0.5) is 5.69 Å². The fraction of sp³-hybridized carbons (Fsp3) is 0.500. The van der Waals surface area contributed by atoms with E-state index in [1.54, 1.807) is 24.3 Å². The Balaban J connectivity index is 0.00000192. The number of carbonyl (C=O) groups excluding carboxylic acids is 2. The molecular weight excluding hydrogens is 334 g/mol. The molecule has 3 rings (SSSR count). The Morgan fingerprint density at radius 3 is 2.57 bits per heavy atom. The molecule has 1 atom stereocenters. The van der Waals surface area contributed by atoms with E-state index in [0.717, 1.165) is 36.6 Å². The molecular formula is C16H22ClN3O2S. The van der Waals surface area contributed by atoms with Crippen LogP contribution in [0.1, 0.15) is 29.6 Å². The number of carbonyl (C=O) groups is 2. The van der Waals surface area contributed by atoms with Gasteiger partial charge < -0.3 is 16.0 Å². The van der Waals surface area contributed by atoms with Gasteiger partial charge in [-0.2, -0.15) is 11.8 Å². The molecule has 1 aromatic rings. The zero-order chi connectivity index (χ0) is 15.4. The van der Waals surface area contributed by atoms with Gasteiger partial charge in [-0.1, -0.05) is 0 Å². The summed E-state index contributed by atoms with van der Waals surface area (Å²) in [6.45, 7) is 0.966. The van der Waals surface area contributed by atoms with Crippen molar-refractivity contribution < 1.29 is 9.59 Å². The molecule has 5 nitrogen and oxygen atoms in total. The molecule has 2 fully saturated rings. The molecule has 23 heavy (non-hydrogen) atoms. The zero-order valence-electron chi connectivity index (χ0n) is 12.8. The van der Waals surface area contributed by atoms with Crippen molar-refractivity contribution in [1.82, 2.24) is 10.6 Å². The van der Waals surface area contributed by atoms with Crippen LogP contribution in [0.3, 0.4) is 0 Å². The predicted molar refractivity (Wildman–Crippen MR) is 96.5 cm³/mol. The predicted octanol–water partition coefficient (Wildman–Crippen LogP) is 2.03. The summed E-state index contributed by atoms with van der Waals surface area (Å²) in [7, 11) is 0. The van der Waals surface area contributed by atoms with Crippen LogP contribution in [0.2, 0.25) is 0 Å². The average Bonchev–Trinajstić information content (AvgIpc) is 3.33. The highest BCUT2D eigenvalue weighted by Crippen LogP contribution is 2.20. The molecule has 1 aliphatic heterocycles. The molecule has 2 amide bonds. The van der Waals surface area contributed by atoms with Gasteiger partial charge in [-0.15, -0.1) is 12.4 Å². The summed E-state index contributed by atoms with van der Waals surface area (Å²) in [6.07, 6.45) is 2.64. The van der Waals surface area contributed by atoms with Gasteiger partial charge >= 0.3 is 0 Å². The molecule has 1 aromatic carbocycles. The number of rotatable bonds is 5. The first kappa shape index (κ1) is 18.1. The molecule has 2 aliphatic rings. The third kappa shape index (κ3) is 5.71. The summed E-state index contributed by atoms with van der Waals surface area (Å²) < 4.78 is 0. The fourth-order valence-corrected chi connectivity index (χ4v) is 3.34. The second-order valence-electron chi connectivity index (χ2n) is 5.80. The summed E-state index contributed by atoms with van der Waals surface area (Å²) in [6, 6.07) is 7.67. The molecule has 1 heterocycles. The average molecular weight is 356 g/mol. The maximum atomic E-state index is 12.0. The lowest BCUT2D eigenvalue weighted by molar-refractivity contribution is -0.116. The minimum absolute atomic E-state index is 0. The normalized spacial score (nSPS) is 20.3. The monoisotopic (exact) mass is 355 g/mol. The zero-order valence-corrected chi connectivity index (χ0v) is 14.5. The molecule has 0 aromatic heterocycles. The second-order valence-corrected chi connectivity index (χ2v) is 6.95. The van der Waals surface area contributed by atoms with E-state index in [4.69, 9.17) is 0 Å². The van der Waals surface area contributed by atoms with E-state index in [9.17, 15) is 9.59 Å². The minimum Gasteiger partial charge on any atom is -0.349 e. The lowest BCUT2D eigenvalue weighted by Gasteiger charge is -2.22.